The van der Waals surface area contributed by atoms with E-state index < -0.39 is 15.6 Å². The minimum Gasteiger partial charge on any atom is -0.495 e. The standard InChI is InChI=1S/C14H23NO5S/c1-10-6-12(20-5)13(7-11(10)2)21(17,18)15-8-14(3,16)9-19-4/h6-7,15-16H,8-9H2,1-5H3. The van der Waals surface area contributed by atoms with E-state index in [0.717, 1.165) is 11.1 Å². The lowest BCUT2D eigenvalue weighted by Gasteiger charge is -2.23. The van der Waals surface area contributed by atoms with Gasteiger partial charge in [0, 0.05) is 13.7 Å². The predicted octanol–water partition coefficient (Wildman–Crippen LogP) is 0.988. The molecule has 0 fully saturated rings. The lowest BCUT2D eigenvalue weighted by atomic mass is 10.1. The van der Waals surface area contributed by atoms with E-state index in [9.17, 15) is 13.5 Å². The summed E-state index contributed by atoms with van der Waals surface area (Å²) in [5.74, 6) is 0.275. The van der Waals surface area contributed by atoms with Gasteiger partial charge in [0.2, 0.25) is 10.0 Å². The first kappa shape index (κ1) is 17.9. The lowest BCUT2D eigenvalue weighted by Crippen LogP contribution is -2.43. The number of nitrogens with one attached hydrogen (secondary N) is 1. The van der Waals surface area contributed by atoms with Crippen LogP contribution in [-0.4, -0.2) is 46.5 Å². The smallest absolute Gasteiger partial charge is 0.244 e. The van der Waals surface area contributed by atoms with Crippen LogP contribution in [0.3, 0.4) is 0 Å². The topological polar surface area (TPSA) is 84.9 Å². The second-order valence-electron chi connectivity index (χ2n) is 5.34. The van der Waals surface area contributed by atoms with Crippen molar-refractivity contribution >= 4 is 10.0 Å². The third-order valence-corrected chi connectivity index (χ3v) is 4.59. The fraction of sp³-hybridized carbons (Fsp3) is 0.571. The Balaban J connectivity index is 3.06. The second-order valence-corrected chi connectivity index (χ2v) is 7.08. The molecular weight excluding hydrogens is 294 g/mol. The average molecular weight is 317 g/mol. The molecule has 0 aliphatic heterocycles. The van der Waals surface area contributed by atoms with Gasteiger partial charge in [-0.05, 0) is 44.0 Å². The van der Waals surface area contributed by atoms with Crippen LogP contribution in [0.5, 0.6) is 5.75 Å². The van der Waals surface area contributed by atoms with Gasteiger partial charge in [0.1, 0.15) is 10.6 Å². The van der Waals surface area contributed by atoms with Crippen molar-refractivity contribution in [3.05, 3.63) is 23.3 Å². The molecule has 1 rings (SSSR count). The van der Waals surface area contributed by atoms with E-state index in [4.69, 9.17) is 9.47 Å². The highest BCUT2D eigenvalue weighted by Gasteiger charge is 2.26. The molecule has 0 amide bonds. The molecule has 0 bridgehead atoms. The van der Waals surface area contributed by atoms with Crippen molar-refractivity contribution in [3.63, 3.8) is 0 Å². The van der Waals surface area contributed by atoms with E-state index in [1.807, 2.05) is 13.8 Å². The fourth-order valence-electron chi connectivity index (χ4n) is 1.82. The number of sulfonamides is 1. The van der Waals surface area contributed by atoms with Crippen molar-refractivity contribution in [1.82, 2.24) is 4.72 Å². The van der Waals surface area contributed by atoms with Gasteiger partial charge in [0.05, 0.1) is 19.3 Å². The molecule has 0 aliphatic rings. The number of methoxy groups -OCH3 is 2. The van der Waals surface area contributed by atoms with Crippen molar-refractivity contribution < 1.29 is 23.0 Å². The molecule has 1 atom stereocenters. The van der Waals surface area contributed by atoms with Crippen molar-refractivity contribution in [2.45, 2.75) is 31.3 Å². The summed E-state index contributed by atoms with van der Waals surface area (Å²) in [6, 6.07) is 3.23. The van der Waals surface area contributed by atoms with E-state index in [1.54, 1.807) is 12.1 Å². The van der Waals surface area contributed by atoms with Crippen LogP contribution >= 0.6 is 0 Å². The molecule has 1 unspecified atom stereocenters. The van der Waals surface area contributed by atoms with Crippen molar-refractivity contribution in [1.29, 1.82) is 0 Å². The van der Waals surface area contributed by atoms with Crippen LogP contribution in [-0.2, 0) is 14.8 Å². The minimum atomic E-state index is -3.78. The summed E-state index contributed by atoms with van der Waals surface area (Å²) in [6.07, 6.45) is 0. The predicted molar refractivity (Wildman–Crippen MR) is 80.2 cm³/mol. The number of aliphatic hydroxyl groups is 1. The first-order chi connectivity index (χ1) is 9.63. The molecule has 1 aromatic rings. The van der Waals surface area contributed by atoms with Crippen LogP contribution in [0.2, 0.25) is 0 Å². The van der Waals surface area contributed by atoms with Gasteiger partial charge in [-0.25, -0.2) is 13.1 Å². The van der Waals surface area contributed by atoms with E-state index in [1.165, 1.54) is 21.1 Å². The van der Waals surface area contributed by atoms with Crippen LogP contribution in [0.25, 0.3) is 0 Å². The Morgan fingerprint density at radius 1 is 1.24 bits per heavy atom. The Bertz CT molecular complexity index is 596. The molecule has 0 saturated carbocycles. The third-order valence-electron chi connectivity index (χ3n) is 3.17. The Morgan fingerprint density at radius 3 is 2.33 bits per heavy atom. The van der Waals surface area contributed by atoms with E-state index in [-0.39, 0.29) is 23.8 Å². The first-order valence-corrected chi connectivity index (χ1v) is 7.97. The second kappa shape index (κ2) is 6.74. The Morgan fingerprint density at radius 2 is 1.81 bits per heavy atom. The molecule has 0 spiro atoms. The van der Waals surface area contributed by atoms with Gasteiger partial charge in [0.25, 0.3) is 0 Å². The van der Waals surface area contributed by atoms with Crippen LogP contribution in [0.15, 0.2) is 17.0 Å². The zero-order chi connectivity index (χ0) is 16.3. The Hall–Kier alpha value is -1.15. The van der Waals surface area contributed by atoms with Gasteiger partial charge >= 0.3 is 0 Å². The van der Waals surface area contributed by atoms with E-state index in [0.29, 0.717) is 0 Å². The number of benzene rings is 1. The Labute approximate surface area is 126 Å². The zero-order valence-corrected chi connectivity index (χ0v) is 13.9. The van der Waals surface area contributed by atoms with Crippen LogP contribution in [0.4, 0.5) is 0 Å². The molecular formula is C14H23NO5S. The summed E-state index contributed by atoms with van der Waals surface area (Å²) < 4.78 is 37.1. The highest BCUT2D eigenvalue weighted by atomic mass is 32.2. The molecule has 1 aromatic carbocycles. The van der Waals surface area contributed by atoms with Crippen molar-refractivity contribution in [3.8, 4) is 5.75 Å². The number of aryl methyl sites for hydroxylation is 2. The molecule has 0 radical (unpaired) electrons. The highest BCUT2D eigenvalue weighted by molar-refractivity contribution is 7.89. The van der Waals surface area contributed by atoms with Crippen LogP contribution in [0.1, 0.15) is 18.1 Å². The number of hydrogen-bond acceptors (Lipinski definition) is 5. The third kappa shape index (κ3) is 4.67. The molecule has 6 nitrogen and oxygen atoms in total. The molecule has 0 aliphatic carbocycles. The first-order valence-electron chi connectivity index (χ1n) is 6.49. The summed E-state index contributed by atoms with van der Waals surface area (Å²) in [5.41, 5.74) is 0.506. The summed E-state index contributed by atoms with van der Waals surface area (Å²) in [4.78, 5) is 0.0568. The quantitative estimate of drug-likeness (QED) is 0.783. The largest absolute Gasteiger partial charge is 0.495 e. The molecule has 7 heteroatoms. The maximum Gasteiger partial charge on any atom is 0.244 e. The summed E-state index contributed by atoms with van der Waals surface area (Å²) in [5, 5.41) is 9.97. The number of ether oxygens (including phenoxy) is 2. The normalized spacial score (nSPS) is 14.8. The summed E-state index contributed by atoms with van der Waals surface area (Å²) in [7, 11) is -0.924. The molecule has 120 valence electrons. The average Bonchev–Trinajstić information content (AvgIpc) is 2.39. The highest BCUT2D eigenvalue weighted by Crippen LogP contribution is 2.27. The molecule has 21 heavy (non-hydrogen) atoms. The molecule has 0 aromatic heterocycles. The fourth-order valence-corrected chi connectivity index (χ4v) is 3.22. The van der Waals surface area contributed by atoms with Gasteiger partial charge in [0.15, 0.2) is 0 Å². The van der Waals surface area contributed by atoms with Crippen molar-refractivity contribution in [2.75, 3.05) is 27.4 Å². The van der Waals surface area contributed by atoms with Crippen LogP contribution < -0.4 is 9.46 Å². The van der Waals surface area contributed by atoms with Crippen molar-refractivity contribution in [2.24, 2.45) is 0 Å². The lowest BCUT2D eigenvalue weighted by molar-refractivity contribution is -0.0119. The maximum absolute atomic E-state index is 12.4. The van der Waals surface area contributed by atoms with Gasteiger partial charge in [-0.1, -0.05) is 0 Å². The van der Waals surface area contributed by atoms with Crippen LogP contribution in [0, 0.1) is 13.8 Å². The van der Waals surface area contributed by atoms with E-state index in [2.05, 4.69) is 4.72 Å². The maximum atomic E-state index is 12.4. The molecule has 2 N–H and O–H groups in total. The summed E-state index contributed by atoms with van der Waals surface area (Å²) in [6.45, 7) is 5.08. The van der Waals surface area contributed by atoms with E-state index >= 15 is 0 Å². The number of rotatable bonds is 7. The van der Waals surface area contributed by atoms with Gasteiger partial charge in [-0.2, -0.15) is 0 Å². The monoisotopic (exact) mass is 317 g/mol. The minimum absolute atomic E-state index is 0.0274. The number of hydrogen-bond donors (Lipinski definition) is 2. The van der Waals surface area contributed by atoms with Gasteiger partial charge in [-0.15, -0.1) is 0 Å². The van der Waals surface area contributed by atoms with Gasteiger partial charge < -0.3 is 14.6 Å². The summed E-state index contributed by atoms with van der Waals surface area (Å²) >= 11 is 0. The molecule has 0 saturated heterocycles. The van der Waals surface area contributed by atoms with Gasteiger partial charge in [-0.3, -0.25) is 0 Å². The zero-order valence-electron chi connectivity index (χ0n) is 13.1. The molecule has 0 heterocycles. The SMILES string of the molecule is COCC(C)(O)CNS(=O)(=O)c1cc(C)c(C)cc1OC. The Kier molecular flexibility index (Phi) is 5.75.